The average molecular weight is 415 g/mol. The van der Waals surface area contributed by atoms with Crippen LogP contribution in [0.3, 0.4) is 0 Å². The number of carboxylic acid groups (broad SMARTS) is 1. The van der Waals surface area contributed by atoms with Crippen molar-refractivity contribution in [3.05, 3.63) is 36.5 Å². The summed E-state index contributed by atoms with van der Waals surface area (Å²) in [6.45, 7) is 1.91. The Kier molecular flexibility index (Phi) is 4.44. The minimum absolute atomic E-state index is 0.0508. The van der Waals surface area contributed by atoms with Gasteiger partial charge in [-0.15, -0.1) is 0 Å². The van der Waals surface area contributed by atoms with Gasteiger partial charge >= 0.3 is 6.09 Å². The molecule has 9 nitrogen and oxygen atoms in total. The first kappa shape index (κ1) is 18.6. The molecular formula is C19H19F2N7O2. The Labute approximate surface area is 170 Å². The lowest BCUT2D eigenvalue weighted by Crippen LogP contribution is -2.49. The van der Waals surface area contributed by atoms with Gasteiger partial charge < -0.3 is 14.9 Å². The number of fused-ring (bicyclic) bond motifs is 2. The van der Waals surface area contributed by atoms with Gasteiger partial charge in [0.2, 0.25) is 0 Å². The average Bonchev–Trinajstić information content (AvgIpc) is 3.37. The lowest BCUT2D eigenvalue weighted by Gasteiger charge is -2.38. The van der Waals surface area contributed by atoms with Crippen molar-refractivity contribution in [1.29, 1.82) is 0 Å². The first-order valence-corrected chi connectivity index (χ1v) is 9.70. The highest BCUT2D eigenvalue weighted by atomic mass is 19.3. The van der Waals surface area contributed by atoms with Crippen molar-refractivity contribution in [1.82, 2.24) is 29.2 Å². The smallest absolute Gasteiger partial charge is 0.407 e. The molecule has 11 heteroatoms. The molecule has 0 radical (unpaired) electrons. The third-order valence-corrected chi connectivity index (χ3v) is 5.94. The number of nitrogens with zero attached hydrogens (tertiary/aromatic N) is 7. The predicted molar refractivity (Wildman–Crippen MR) is 102 cm³/mol. The lowest BCUT2D eigenvalue weighted by atomic mass is 9.92. The molecular weight excluding hydrogens is 396 g/mol. The van der Waals surface area contributed by atoms with Crippen molar-refractivity contribution < 1.29 is 18.7 Å². The van der Waals surface area contributed by atoms with Gasteiger partial charge in [0.05, 0.1) is 18.4 Å². The van der Waals surface area contributed by atoms with Gasteiger partial charge in [0.25, 0.3) is 6.43 Å². The number of hydrogen-bond acceptors (Lipinski definition) is 6. The summed E-state index contributed by atoms with van der Waals surface area (Å²) in [5.41, 5.74) is 0.557. The Hall–Kier alpha value is -3.37. The molecule has 0 bridgehead atoms. The summed E-state index contributed by atoms with van der Waals surface area (Å²) in [5.74, 6) is 1.40. The molecule has 2 unspecified atom stereocenters. The van der Waals surface area contributed by atoms with Crippen LogP contribution in [0.5, 0.6) is 0 Å². The molecule has 5 heterocycles. The van der Waals surface area contributed by atoms with Crippen LogP contribution in [-0.2, 0) is 0 Å². The van der Waals surface area contributed by atoms with Gasteiger partial charge in [-0.3, -0.25) is 4.40 Å². The minimum atomic E-state index is -2.69. The van der Waals surface area contributed by atoms with Crippen molar-refractivity contribution in [2.24, 2.45) is 5.92 Å². The number of aromatic nitrogens is 5. The minimum Gasteiger partial charge on any atom is -0.465 e. The van der Waals surface area contributed by atoms with E-state index >= 15 is 0 Å². The third kappa shape index (κ3) is 3.10. The normalized spacial score (nSPS) is 21.4. The number of hydrogen-bond donors (Lipinski definition) is 1. The molecule has 2 saturated heterocycles. The number of imidazole rings is 1. The quantitative estimate of drug-likeness (QED) is 0.702. The number of rotatable bonds is 3. The predicted octanol–water partition coefficient (Wildman–Crippen LogP) is 2.70. The van der Waals surface area contributed by atoms with E-state index in [1.165, 1.54) is 27.9 Å². The van der Waals surface area contributed by atoms with Gasteiger partial charge in [0, 0.05) is 32.0 Å². The number of amides is 1. The largest absolute Gasteiger partial charge is 0.465 e. The van der Waals surface area contributed by atoms with Crippen LogP contribution in [0.1, 0.15) is 25.0 Å². The molecule has 0 saturated carbocycles. The third-order valence-electron chi connectivity index (χ3n) is 5.94. The van der Waals surface area contributed by atoms with Crippen LogP contribution < -0.4 is 4.90 Å². The SMILES string of the molecule is O=C(O)N1CCC2CCN(c3ccnc(-c4cnc5cnc(C(F)F)cn45)n3)CC21. The van der Waals surface area contributed by atoms with E-state index < -0.39 is 12.5 Å². The van der Waals surface area contributed by atoms with E-state index in [0.717, 1.165) is 19.4 Å². The van der Waals surface area contributed by atoms with E-state index in [4.69, 9.17) is 0 Å². The molecule has 1 amide bonds. The fourth-order valence-electron chi connectivity index (χ4n) is 4.42. The van der Waals surface area contributed by atoms with Crippen LogP contribution in [0.15, 0.2) is 30.9 Å². The van der Waals surface area contributed by atoms with Crippen molar-refractivity contribution >= 4 is 17.6 Å². The van der Waals surface area contributed by atoms with Crippen molar-refractivity contribution in [2.45, 2.75) is 25.3 Å². The van der Waals surface area contributed by atoms with Gasteiger partial charge in [-0.1, -0.05) is 0 Å². The number of anilines is 1. The van der Waals surface area contributed by atoms with Crippen molar-refractivity contribution in [3.63, 3.8) is 0 Å². The molecule has 156 valence electrons. The molecule has 3 aromatic rings. The van der Waals surface area contributed by atoms with Crippen LogP contribution in [0.25, 0.3) is 17.2 Å². The Morgan fingerprint density at radius 3 is 2.80 bits per heavy atom. The summed E-state index contributed by atoms with van der Waals surface area (Å²) < 4.78 is 27.6. The van der Waals surface area contributed by atoms with E-state index in [0.29, 0.717) is 42.0 Å². The van der Waals surface area contributed by atoms with Crippen molar-refractivity contribution in [2.75, 3.05) is 24.5 Å². The van der Waals surface area contributed by atoms with Gasteiger partial charge in [-0.05, 0) is 24.8 Å². The molecule has 0 aromatic carbocycles. The number of alkyl halides is 2. The number of carbonyl (C=O) groups is 1. The molecule has 30 heavy (non-hydrogen) atoms. The van der Waals surface area contributed by atoms with Crippen LogP contribution in [0.4, 0.5) is 19.4 Å². The maximum absolute atomic E-state index is 13.1. The summed E-state index contributed by atoms with van der Waals surface area (Å²) >= 11 is 0. The highest BCUT2D eigenvalue weighted by Crippen LogP contribution is 2.33. The fourth-order valence-corrected chi connectivity index (χ4v) is 4.42. The second-order valence-electron chi connectivity index (χ2n) is 7.55. The summed E-state index contributed by atoms with van der Waals surface area (Å²) in [6, 6.07) is 1.73. The molecule has 2 aliphatic rings. The summed E-state index contributed by atoms with van der Waals surface area (Å²) in [5, 5.41) is 9.45. The Balaban J connectivity index is 1.46. The zero-order chi connectivity index (χ0) is 20.8. The summed E-state index contributed by atoms with van der Waals surface area (Å²) in [4.78, 5) is 31.9. The molecule has 3 aromatic heterocycles. The molecule has 0 aliphatic carbocycles. The fraction of sp³-hybridized carbons (Fsp3) is 0.421. The summed E-state index contributed by atoms with van der Waals surface area (Å²) in [6.07, 6.45) is 3.88. The molecule has 5 rings (SSSR count). The number of piperidine rings is 1. The highest BCUT2D eigenvalue weighted by molar-refractivity contribution is 5.66. The maximum atomic E-state index is 13.1. The van der Waals surface area contributed by atoms with Gasteiger partial charge in [-0.25, -0.2) is 33.5 Å². The maximum Gasteiger partial charge on any atom is 0.407 e. The standard InChI is InChI=1S/C19H19F2N7O2/c20-17(21)12-9-28-13(7-24-16(28)8-23-12)18-22-4-1-15(25-18)26-5-2-11-3-6-27(19(29)30)14(11)10-26/h1,4,7-9,11,14,17H,2-3,5-6,10H2,(H,29,30). The second-order valence-corrected chi connectivity index (χ2v) is 7.55. The molecule has 0 spiro atoms. The Morgan fingerprint density at radius 1 is 1.17 bits per heavy atom. The van der Waals surface area contributed by atoms with E-state index in [1.807, 2.05) is 0 Å². The van der Waals surface area contributed by atoms with Gasteiger partial charge in [0.1, 0.15) is 17.2 Å². The first-order valence-electron chi connectivity index (χ1n) is 9.70. The van der Waals surface area contributed by atoms with Crippen LogP contribution in [0.2, 0.25) is 0 Å². The van der Waals surface area contributed by atoms with Crippen LogP contribution in [-0.4, -0.2) is 66.1 Å². The van der Waals surface area contributed by atoms with Crippen LogP contribution in [0, 0.1) is 5.92 Å². The van der Waals surface area contributed by atoms with Crippen molar-refractivity contribution in [3.8, 4) is 11.5 Å². The van der Waals surface area contributed by atoms with E-state index in [-0.39, 0.29) is 11.7 Å². The number of likely N-dealkylation sites (tertiary alicyclic amines) is 1. The van der Waals surface area contributed by atoms with E-state index in [1.54, 1.807) is 12.3 Å². The second kappa shape index (κ2) is 7.15. The molecule has 1 N–H and O–H groups in total. The molecule has 2 aliphatic heterocycles. The van der Waals surface area contributed by atoms with Gasteiger partial charge in [-0.2, -0.15) is 0 Å². The Morgan fingerprint density at radius 2 is 2.00 bits per heavy atom. The highest BCUT2D eigenvalue weighted by Gasteiger charge is 2.41. The lowest BCUT2D eigenvalue weighted by molar-refractivity contribution is 0.131. The monoisotopic (exact) mass is 415 g/mol. The molecule has 2 fully saturated rings. The van der Waals surface area contributed by atoms with Crippen LogP contribution >= 0.6 is 0 Å². The summed E-state index contributed by atoms with van der Waals surface area (Å²) in [7, 11) is 0. The number of halogens is 2. The topological polar surface area (TPSA) is 99.8 Å². The zero-order valence-electron chi connectivity index (χ0n) is 15.9. The molecule has 2 atom stereocenters. The zero-order valence-corrected chi connectivity index (χ0v) is 15.9. The van der Waals surface area contributed by atoms with Gasteiger partial charge in [0.15, 0.2) is 11.5 Å². The Bertz CT molecular complexity index is 1110. The van der Waals surface area contributed by atoms with E-state index in [2.05, 4.69) is 24.8 Å². The van der Waals surface area contributed by atoms with E-state index in [9.17, 15) is 18.7 Å². The first-order chi connectivity index (χ1) is 14.5.